The van der Waals surface area contributed by atoms with E-state index in [9.17, 15) is 19.8 Å². The van der Waals surface area contributed by atoms with Gasteiger partial charge in [0.15, 0.2) is 0 Å². The van der Waals surface area contributed by atoms with Crippen molar-refractivity contribution in [2.45, 2.75) is 12.2 Å². The van der Waals surface area contributed by atoms with Gasteiger partial charge in [0.05, 0.1) is 25.3 Å². The summed E-state index contributed by atoms with van der Waals surface area (Å²) in [5, 5.41) is 20.6. The fraction of sp³-hybridized carbons (Fsp3) is 0.250. The van der Waals surface area contributed by atoms with E-state index >= 15 is 0 Å². The molecule has 0 aliphatic rings. The van der Waals surface area contributed by atoms with Crippen molar-refractivity contribution in [1.29, 1.82) is 0 Å². The van der Waals surface area contributed by atoms with Crippen molar-refractivity contribution in [3.05, 3.63) is 50.1 Å². The summed E-state index contributed by atoms with van der Waals surface area (Å²) in [6.45, 7) is 6.30. The predicted octanol–water partition coefficient (Wildman–Crippen LogP) is -0.407. The van der Waals surface area contributed by atoms with E-state index in [4.69, 9.17) is 0 Å². The van der Waals surface area contributed by atoms with Gasteiger partial charge < -0.3 is 20.2 Å². The molecule has 2 aromatic heterocycles. The number of aromatic nitrogens is 4. The minimum atomic E-state index is -1.36. The Kier molecular flexibility index (Phi) is 6.42. The summed E-state index contributed by atoms with van der Waals surface area (Å²) in [4.78, 5) is 39.7. The quantitative estimate of drug-likeness (QED) is 0.449. The average molecular weight is 360 g/mol. The van der Waals surface area contributed by atoms with Gasteiger partial charge in [-0.1, -0.05) is 13.2 Å². The summed E-state index contributed by atoms with van der Waals surface area (Å²) < 4.78 is 0. The van der Waals surface area contributed by atoms with Gasteiger partial charge in [-0.3, -0.25) is 19.4 Å². The summed E-state index contributed by atoms with van der Waals surface area (Å²) in [6.07, 6.45) is 5.34. The third kappa shape index (κ3) is 4.43. The van der Waals surface area contributed by atoms with Crippen LogP contribution in [-0.4, -0.2) is 67.3 Å². The molecule has 2 unspecified atom stereocenters. The largest absolute Gasteiger partial charge is 0.388 e. The first-order valence-electron chi connectivity index (χ1n) is 7.70. The second kappa shape index (κ2) is 8.74. The molecule has 2 amide bonds. The van der Waals surface area contributed by atoms with Crippen LogP contribution in [0.3, 0.4) is 0 Å². The molecule has 0 bridgehead atoms. The van der Waals surface area contributed by atoms with E-state index in [0.717, 1.165) is 22.0 Å². The Morgan fingerprint density at radius 3 is 1.62 bits per heavy atom. The number of carbonyl (C=O) groups is 2. The van der Waals surface area contributed by atoms with E-state index < -0.39 is 24.0 Å². The second-order valence-electron chi connectivity index (χ2n) is 5.27. The number of nitrogens with one attached hydrogen (secondary N) is 2. The fourth-order valence-corrected chi connectivity index (χ4v) is 2.21. The van der Waals surface area contributed by atoms with E-state index in [2.05, 4.69) is 33.1 Å². The molecule has 0 radical (unpaired) electrons. The van der Waals surface area contributed by atoms with Gasteiger partial charge in [0.25, 0.3) is 11.8 Å². The van der Waals surface area contributed by atoms with Crippen molar-refractivity contribution in [2.24, 2.45) is 0 Å². The molecule has 2 heterocycles. The zero-order valence-corrected chi connectivity index (χ0v) is 13.9. The van der Waals surface area contributed by atoms with Crippen LogP contribution in [0.25, 0.3) is 0 Å². The number of hydrogen-bond acceptors (Lipinski definition) is 6. The summed E-state index contributed by atoms with van der Waals surface area (Å²) in [5.74, 6) is -0.607. The maximum Gasteiger partial charge on any atom is 0.252 e. The molecule has 26 heavy (non-hydrogen) atoms. The number of aromatic amines is 2. The van der Waals surface area contributed by atoms with Crippen molar-refractivity contribution < 1.29 is 19.8 Å². The van der Waals surface area contributed by atoms with Crippen LogP contribution < -0.4 is 9.80 Å². The van der Waals surface area contributed by atoms with Crippen molar-refractivity contribution in [3.63, 3.8) is 0 Å². The van der Waals surface area contributed by atoms with Gasteiger partial charge in [-0.2, -0.15) is 0 Å². The number of carbonyl (C=O) groups excluding carboxylic acids is 2. The van der Waals surface area contributed by atoms with Crippen molar-refractivity contribution >= 4 is 23.7 Å². The Bertz CT molecular complexity index is 679. The smallest absolute Gasteiger partial charge is 0.252 e. The third-order valence-electron chi connectivity index (χ3n) is 3.54. The highest BCUT2D eigenvalue weighted by atomic mass is 16.3. The number of H-pyrrole nitrogens is 2. The van der Waals surface area contributed by atoms with Gasteiger partial charge in [0, 0.05) is 24.8 Å². The SMILES string of the molecule is C=CC(=O)N(CC(O)C(O)CN(C(=O)C=C)c1ncc[nH]1)c1ncc[nH]1. The molecule has 4 N–H and O–H groups in total. The van der Waals surface area contributed by atoms with Crippen LogP contribution in [0.2, 0.25) is 0 Å². The molecule has 2 aromatic rings. The molecule has 0 saturated heterocycles. The lowest BCUT2D eigenvalue weighted by Crippen LogP contribution is -2.48. The Morgan fingerprint density at radius 1 is 0.962 bits per heavy atom. The summed E-state index contributed by atoms with van der Waals surface area (Å²) in [5.41, 5.74) is 0. The zero-order valence-electron chi connectivity index (χ0n) is 13.9. The Hall–Kier alpha value is -3.24. The van der Waals surface area contributed by atoms with Gasteiger partial charge in [-0.05, 0) is 12.2 Å². The number of aliphatic hydroxyl groups excluding tert-OH is 2. The van der Waals surface area contributed by atoms with Crippen LogP contribution in [0.5, 0.6) is 0 Å². The lowest BCUT2D eigenvalue weighted by molar-refractivity contribution is -0.116. The van der Waals surface area contributed by atoms with Gasteiger partial charge in [0.1, 0.15) is 0 Å². The summed E-state index contributed by atoms with van der Waals surface area (Å²) in [6, 6.07) is 0. The minimum Gasteiger partial charge on any atom is -0.388 e. The normalized spacial score (nSPS) is 12.8. The van der Waals surface area contributed by atoms with Crippen LogP contribution in [0.15, 0.2) is 50.1 Å². The van der Waals surface area contributed by atoms with Gasteiger partial charge >= 0.3 is 0 Å². The van der Waals surface area contributed by atoms with E-state index in [0.29, 0.717) is 0 Å². The highest BCUT2D eigenvalue weighted by Gasteiger charge is 2.28. The molecule has 0 fully saturated rings. The zero-order chi connectivity index (χ0) is 19.1. The number of rotatable bonds is 9. The van der Waals surface area contributed by atoms with Crippen LogP contribution in [-0.2, 0) is 9.59 Å². The van der Waals surface area contributed by atoms with Crippen LogP contribution in [0.1, 0.15) is 0 Å². The number of hydrogen-bond donors (Lipinski definition) is 4. The molecular weight excluding hydrogens is 340 g/mol. The first kappa shape index (κ1) is 19.1. The summed E-state index contributed by atoms with van der Waals surface area (Å²) >= 11 is 0. The van der Waals surface area contributed by atoms with Gasteiger partial charge in [-0.25, -0.2) is 9.97 Å². The predicted molar refractivity (Wildman–Crippen MR) is 94.3 cm³/mol. The first-order chi connectivity index (χ1) is 12.5. The highest BCUT2D eigenvalue weighted by Crippen LogP contribution is 2.13. The lowest BCUT2D eigenvalue weighted by atomic mass is 10.1. The monoisotopic (exact) mass is 360 g/mol. The molecule has 0 saturated carbocycles. The maximum absolute atomic E-state index is 12.0. The standard InChI is InChI=1S/C16H20N6O4/c1-3-13(25)21(15-17-5-6-18-15)9-11(23)12(24)10-22(14(26)4-2)16-19-7-8-20-16/h3-8,11-12,23-24H,1-2,9-10H2,(H,17,18)(H,19,20). The van der Waals surface area contributed by atoms with Crippen molar-refractivity contribution in [3.8, 4) is 0 Å². The minimum absolute atomic E-state index is 0.200. The number of anilines is 2. The maximum atomic E-state index is 12.0. The molecule has 10 heteroatoms. The Balaban J connectivity index is 2.10. The molecule has 0 aliphatic carbocycles. The van der Waals surface area contributed by atoms with E-state index in [1.54, 1.807) is 0 Å². The molecule has 0 aromatic carbocycles. The molecule has 2 rings (SSSR count). The second-order valence-corrected chi connectivity index (χ2v) is 5.27. The molecule has 0 spiro atoms. The van der Waals surface area contributed by atoms with Crippen LogP contribution in [0.4, 0.5) is 11.9 Å². The average Bonchev–Trinajstić information content (AvgIpc) is 3.36. The highest BCUT2D eigenvalue weighted by molar-refractivity contribution is 6.00. The Labute approximate surface area is 149 Å². The van der Waals surface area contributed by atoms with Crippen molar-refractivity contribution in [1.82, 2.24) is 19.9 Å². The number of imidazole rings is 2. The molecule has 10 nitrogen and oxygen atoms in total. The number of amides is 2. The topological polar surface area (TPSA) is 138 Å². The summed E-state index contributed by atoms with van der Waals surface area (Å²) in [7, 11) is 0. The van der Waals surface area contributed by atoms with E-state index in [1.165, 1.54) is 24.8 Å². The molecule has 0 aliphatic heterocycles. The van der Waals surface area contributed by atoms with E-state index in [-0.39, 0.29) is 25.0 Å². The molecule has 138 valence electrons. The van der Waals surface area contributed by atoms with Gasteiger partial charge in [0.2, 0.25) is 11.9 Å². The van der Waals surface area contributed by atoms with Crippen LogP contribution in [0, 0.1) is 0 Å². The molecular formula is C16H20N6O4. The molecule has 2 atom stereocenters. The van der Waals surface area contributed by atoms with Crippen LogP contribution >= 0.6 is 0 Å². The lowest BCUT2D eigenvalue weighted by Gasteiger charge is -2.28. The number of nitrogens with zero attached hydrogens (tertiary/aromatic N) is 4. The first-order valence-corrected chi connectivity index (χ1v) is 7.70. The van der Waals surface area contributed by atoms with Crippen molar-refractivity contribution in [2.75, 3.05) is 22.9 Å². The third-order valence-corrected chi connectivity index (χ3v) is 3.54. The van der Waals surface area contributed by atoms with E-state index in [1.807, 2.05) is 0 Å². The Morgan fingerprint density at radius 2 is 1.35 bits per heavy atom. The van der Waals surface area contributed by atoms with Gasteiger partial charge in [-0.15, -0.1) is 0 Å². The number of aliphatic hydroxyl groups is 2. The fourth-order valence-electron chi connectivity index (χ4n) is 2.21.